The monoisotopic (exact) mass is 290 g/mol. The van der Waals surface area contributed by atoms with Crippen molar-refractivity contribution in [3.63, 3.8) is 0 Å². The molecule has 1 aromatic carbocycles. The maximum absolute atomic E-state index is 11.2. The van der Waals surface area contributed by atoms with Crippen LogP contribution in [0, 0.1) is 0 Å². The largest absolute Gasteiger partial charge is 0.478 e. The van der Waals surface area contributed by atoms with Crippen molar-refractivity contribution in [2.45, 2.75) is 12.8 Å². The van der Waals surface area contributed by atoms with Crippen molar-refractivity contribution < 1.29 is 24.5 Å². The minimum Gasteiger partial charge on any atom is -0.478 e. The number of carboxylic acids is 1. The molecule has 2 rings (SSSR count). The van der Waals surface area contributed by atoms with Gasteiger partial charge in [0.25, 0.3) is 0 Å². The molecule has 0 bridgehead atoms. The van der Waals surface area contributed by atoms with Crippen molar-refractivity contribution >= 4 is 11.9 Å². The fourth-order valence-electron chi connectivity index (χ4n) is 1.51. The lowest BCUT2D eigenvalue weighted by molar-refractivity contribution is 0.0433. The van der Waals surface area contributed by atoms with Crippen molar-refractivity contribution in [3.8, 4) is 0 Å². The minimum absolute atomic E-state index is 0.0699. The summed E-state index contributed by atoms with van der Waals surface area (Å²) in [4.78, 5) is 21.7. The Labute approximate surface area is 123 Å². The number of benzene rings is 1. The van der Waals surface area contributed by atoms with Crippen LogP contribution in [0.5, 0.6) is 0 Å². The van der Waals surface area contributed by atoms with Gasteiger partial charge >= 0.3 is 11.9 Å². The Morgan fingerprint density at radius 3 is 1.90 bits per heavy atom. The number of hydrogen-bond donors (Lipinski definition) is 2. The van der Waals surface area contributed by atoms with E-state index in [9.17, 15) is 9.59 Å². The van der Waals surface area contributed by atoms with Gasteiger partial charge in [0.15, 0.2) is 0 Å². The van der Waals surface area contributed by atoms with Crippen LogP contribution >= 0.6 is 0 Å². The molecule has 0 radical (unpaired) electrons. The number of rotatable bonds is 4. The summed E-state index contributed by atoms with van der Waals surface area (Å²) in [5.74, 6) is -1.63. The van der Waals surface area contributed by atoms with Crippen LogP contribution in [0.1, 0.15) is 33.6 Å². The lowest BCUT2D eigenvalue weighted by Crippen LogP contribution is -2.09. The van der Waals surface area contributed by atoms with Crippen LogP contribution in [0.4, 0.5) is 0 Å². The van der Waals surface area contributed by atoms with E-state index >= 15 is 0 Å². The van der Waals surface area contributed by atoms with Crippen molar-refractivity contribution in [1.82, 2.24) is 0 Å². The van der Waals surface area contributed by atoms with Crippen LogP contribution in [-0.4, -0.2) is 35.4 Å². The number of ether oxygens (including phenoxy) is 1. The molecule has 0 amide bonds. The molecule has 0 saturated carbocycles. The molecule has 0 heterocycles. The van der Waals surface area contributed by atoms with Gasteiger partial charge in [-0.05, 0) is 37.1 Å². The smallest absolute Gasteiger partial charge is 0.338 e. The zero-order valence-corrected chi connectivity index (χ0v) is 11.6. The van der Waals surface area contributed by atoms with E-state index in [2.05, 4.69) is 29.0 Å². The number of carbonyl (C=O) groups is 2. The second kappa shape index (κ2) is 9.50. The molecule has 1 aromatic rings. The van der Waals surface area contributed by atoms with E-state index in [0.717, 1.165) is 0 Å². The van der Waals surface area contributed by atoms with E-state index in [0.29, 0.717) is 0 Å². The van der Waals surface area contributed by atoms with Gasteiger partial charge in [-0.25, -0.2) is 9.59 Å². The predicted octanol–water partition coefficient (Wildman–Crippen LogP) is 2.43. The van der Waals surface area contributed by atoms with E-state index in [1.807, 2.05) is 0 Å². The maximum atomic E-state index is 11.2. The Kier molecular flexibility index (Phi) is 7.53. The minimum atomic E-state index is -1.05. The summed E-state index contributed by atoms with van der Waals surface area (Å²) >= 11 is 0. The van der Waals surface area contributed by atoms with Crippen molar-refractivity contribution in [2.24, 2.45) is 0 Å². The predicted molar refractivity (Wildman–Crippen MR) is 78.3 cm³/mol. The van der Waals surface area contributed by atoms with E-state index in [1.54, 1.807) is 0 Å². The number of esters is 1. The second-order valence-corrected chi connectivity index (χ2v) is 4.18. The number of carboxylic acid groups (broad SMARTS) is 1. The van der Waals surface area contributed by atoms with Gasteiger partial charge in [0.1, 0.15) is 6.61 Å². The van der Waals surface area contributed by atoms with Crippen LogP contribution in [0.15, 0.2) is 48.6 Å². The summed E-state index contributed by atoms with van der Waals surface area (Å²) in [6.45, 7) is -0.307. The molecular formula is C16H18O5. The molecule has 0 unspecified atom stereocenters. The Balaban J connectivity index is 0.000000304. The molecule has 0 spiro atoms. The molecule has 0 saturated heterocycles. The summed E-state index contributed by atoms with van der Waals surface area (Å²) in [5, 5.41) is 17.0. The van der Waals surface area contributed by atoms with E-state index in [-0.39, 0.29) is 24.3 Å². The highest BCUT2D eigenvalue weighted by molar-refractivity contribution is 5.92. The molecule has 2 N–H and O–H groups in total. The Morgan fingerprint density at radius 1 is 1.00 bits per heavy atom. The molecular weight excluding hydrogens is 272 g/mol. The molecule has 5 heteroatoms. The van der Waals surface area contributed by atoms with Crippen molar-refractivity contribution in [2.75, 3.05) is 13.2 Å². The summed E-state index contributed by atoms with van der Waals surface area (Å²) in [6, 6.07) is 5.36. The standard InChI is InChI=1S/C10H10O5.C6H8/c11-5-6-15-10(14)8-3-1-7(2-4-8)9(12)13;1-2-4-6-5-3-1/h1-4,11H,5-6H2,(H,12,13);1-4H,5-6H2. The first-order valence-electron chi connectivity index (χ1n) is 6.58. The van der Waals surface area contributed by atoms with Gasteiger partial charge in [0.05, 0.1) is 17.7 Å². The highest BCUT2D eigenvalue weighted by Crippen LogP contribution is 2.05. The van der Waals surface area contributed by atoms with Crippen molar-refractivity contribution in [3.05, 3.63) is 59.7 Å². The van der Waals surface area contributed by atoms with Crippen LogP contribution in [0.25, 0.3) is 0 Å². The normalized spacial score (nSPS) is 12.2. The van der Waals surface area contributed by atoms with Gasteiger partial charge in [0, 0.05) is 0 Å². The first kappa shape index (κ1) is 16.7. The van der Waals surface area contributed by atoms with Crippen molar-refractivity contribution in [1.29, 1.82) is 0 Å². The average molecular weight is 290 g/mol. The first-order valence-corrected chi connectivity index (χ1v) is 6.58. The van der Waals surface area contributed by atoms with Crippen LogP contribution < -0.4 is 0 Å². The third-order valence-corrected chi connectivity index (χ3v) is 2.58. The number of aliphatic hydroxyl groups excluding tert-OH is 1. The van der Waals surface area contributed by atoms with E-state index < -0.39 is 11.9 Å². The van der Waals surface area contributed by atoms with Gasteiger partial charge in [0.2, 0.25) is 0 Å². The molecule has 5 nitrogen and oxygen atoms in total. The molecule has 0 atom stereocenters. The summed E-state index contributed by atoms with van der Waals surface area (Å²) in [7, 11) is 0. The van der Waals surface area contributed by atoms with E-state index in [4.69, 9.17) is 10.2 Å². The first-order chi connectivity index (χ1) is 10.1. The Morgan fingerprint density at radius 2 is 1.52 bits per heavy atom. The summed E-state index contributed by atoms with van der Waals surface area (Å²) in [5.41, 5.74) is 0.363. The zero-order chi connectivity index (χ0) is 15.5. The second-order valence-electron chi connectivity index (χ2n) is 4.18. The van der Waals surface area contributed by atoms with Crippen LogP contribution in [0.2, 0.25) is 0 Å². The van der Waals surface area contributed by atoms with Crippen LogP contribution in [0.3, 0.4) is 0 Å². The van der Waals surface area contributed by atoms with E-state index in [1.165, 1.54) is 37.1 Å². The molecule has 0 aromatic heterocycles. The number of allylic oxidation sites excluding steroid dienone is 4. The third kappa shape index (κ3) is 6.54. The molecule has 112 valence electrons. The number of carbonyl (C=O) groups excluding carboxylic acids is 1. The fourth-order valence-corrected chi connectivity index (χ4v) is 1.51. The molecule has 1 aliphatic carbocycles. The Bertz CT molecular complexity index is 502. The summed E-state index contributed by atoms with van der Waals surface area (Å²) < 4.78 is 4.64. The lowest BCUT2D eigenvalue weighted by atomic mass is 10.1. The van der Waals surface area contributed by atoms with Crippen LogP contribution in [-0.2, 0) is 4.74 Å². The molecule has 1 aliphatic rings. The van der Waals surface area contributed by atoms with Gasteiger partial charge in [-0.2, -0.15) is 0 Å². The van der Waals surface area contributed by atoms with Gasteiger partial charge in [-0.3, -0.25) is 0 Å². The molecule has 0 fully saturated rings. The highest BCUT2D eigenvalue weighted by Gasteiger charge is 2.08. The quantitative estimate of drug-likeness (QED) is 0.832. The number of hydrogen-bond acceptors (Lipinski definition) is 4. The SMILES string of the molecule is C1=CCCC=C1.O=C(O)c1ccc(C(=O)OCCO)cc1. The number of aliphatic hydroxyl groups is 1. The van der Waals surface area contributed by atoms with Gasteiger partial charge in [-0.1, -0.05) is 24.3 Å². The lowest BCUT2D eigenvalue weighted by Gasteiger charge is -2.02. The molecule has 21 heavy (non-hydrogen) atoms. The van der Waals surface area contributed by atoms with Gasteiger partial charge in [-0.15, -0.1) is 0 Å². The fraction of sp³-hybridized carbons (Fsp3) is 0.250. The summed E-state index contributed by atoms with van der Waals surface area (Å²) in [6.07, 6.45) is 11.0. The average Bonchev–Trinajstić information content (AvgIpc) is 2.55. The highest BCUT2D eigenvalue weighted by atomic mass is 16.5. The maximum Gasteiger partial charge on any atom is 0.338 e. The Hall–Kier alpha value is -2.40. The third-order valence-electron chi connectivity index (χ3n) is 2.58. The topological polar surface area (TPSA) is 83.8 Å². The molecule has 0 aliphatic heterocycles. The number of aromatic carboxylic acids is 1. The van der Waals surface area contributed by atoms with Gasteiger partial charge < -0.3 is 14.9 Å². The zero-order valence-electron chi connectivity index (χ0n) is 11.6.